The van der Waals surface area contributed by atoms with Gasteiger partial charge in [-0.2, -0.15) is 0 Å². The van der Waals surface area contributed by atoms with Crippen molar-refractivity contribution < 1.29 is 19.1 Å². The predicted octanol–water partition coefficient (Wildman–Crippen LogP) is 4.26. The van der Waals surface area contributed by atoms with Gasteiger partial charge in [0.25, 0.3) is 5.91 Å². The summed E-state index contributed by atoms with van der Waals surface area (Å²) >= 11 is 2.22. The molecule has 2 aromatic rings. The highest BCUT2D eigenvalue weighted by Crippen LogP contribution is 2.18. The lowest BCUT2D eigenvalue weighted by Crippen LogP contribution is -2.50. The molecular weight excluding hydrogens is 507 g/mol. The van der Waals surface area contributed by atoms with Crippen LogP contribution in [0.25, 0.3) is 0 Å². The van der Waals surface area contributed by atoms with Crippen LogP contribution in [0.4, 0.5) is 0 Å². The number of nitrogens with zero attached hydrogens (tertiary/aromatic N) is 1. The maximum absolute atomic E-state index is 13.1. The van der Waals surface area contributed by atoms with Crippen LogP contribution in [0.5, 0.6) is 11.5 Å². The first-order valence-corrected chi connectivity index (χ1v) is 11.5. The first-order valence-electron chi connectivity index (χ1n) is 10.4. The van der Waals surface area contributed by atoms with Crippen molar-refractivity contribution in [1.82, 2.24) is 10.2 Å². The zero-order valence-electron chi connectivity index (χ0n) is 18.6. The number of carbonyl (C=O) groups is 2. The van der Waals surface area contributed by atoms with Crippen LogP contribution in [-0.2, 0) is 16.1 Å². The summed E-state index contributed by atoms with van der Waals surface area (Å²) < 4.78 is 12.0. The molecule has 31 heavy (non-hydrogen) atoms. The predicted molar refractivity (Wildman–Crippen MR) is 130 cm³/mol. The quantitative estimate of drug-likeness (QED) is 0.435. The fraction of sp³-hybridized carbons (Fsp3) is 0.417. The van der Waals surface area contributed by atoms with Crippen molar-refractivity contribution in [3.63, 3.8) is 0 Å². The Morgan fingerprint density at radius 1 is 1.03 bits per heavy atom. The van der Waals surface area contributed by atoms with E-state index in [1.165, 1.54) is 0 Å². The van der Waals surface area contributed by atoms with Crippen LogP contribution >= 0.6 is 22.6 Å². The Balaban J connectivity index is 2.18. The largest absolute Gasteiger partial charge is 0.497 e. The highest BCUT2D eigenvalue weighted by molar-refractivity contribution is 14.1. The number of amides is 2. The minimum Gasteiger partial charge on any atom is -0.497 e. The van der Waals surface area contributed by atoms with Crippen LogP contribution in [-0.4, -0.2) is 43.0 Å². The van der Waals surface area contributed by atoms with Gasteiger partial charge in [-0.05, 0) is 76.9 Å². The van der Waals surface area contributed by atoms with Crippen molar-refractivity contribution >= 4 is 34.4 Å². The molecule has 0 saturated heterocycles. The van der Waals surface area contributed by atoms with Crippen molar-refractivity contribution in [2.24, 2.45) is 5.92 Å². The van der Waals surface area contributed by atoms with Crippen LogP contribution in [0.2, 0.25) is 0 Å². The lowest BCUT2D eigenvalue weighted by Gasteiger charge is -2.31. The molecule has 7 heteroatoms. The average molecular weight is 538 g/mol. The molecule has 0 aromatic heterocycles. The zero-order valence-corrected chi connectivity index (χ0v) is 20.7. The summed E-state index contributed by atoms with van der Waals surface area (Å²) in [4.78, 5) is 27.6. The Hall–Kier alpha value is -2.29. The van der Waals surface area contributed by atoms with E-state index in [-0.39, 0.29) is 18.4 Å². The van der Waals surface area contributed by atoms with E-state index in [0.717, 1.165) is 14.9 Å². The Labute approximate surface area is 198 Å². The fourth-order valence-corrected chi connectivity index (χ4v) is 3.39. The molecule has 1 atom stereocenters. The average Bonchev–Trinajstić information content (AvgIpc) is 2.77. The second-order valence-electron chi connectivity index (χ2n) is 7.68. The molecule has 1 N–H and O–H groups in total. The molecule has 0 aliphatic heterocycles. The van der Waals surface area contributed by atoms with E-state index in [1.54, 1.807) is 12.0 Å². The number of nitrogens with one attached hydrogen (secondary N) is 1. The first kappa shape index (κ1) is 25.0. The van der Waals surface area contributed by atoms with E-state index in [0.29, 0.717) is 31.2 Å². The molecule has 2 amide bonds. The van der Waals surface area contributed by atoms with Crippen molar-refractivity contribution in [3.05, 3.63) is 57.7 Å². The Kier molecular flexibility index (Phi) is 10.1. The Bertz CT molecular complexity index is 838. The highest BCUT2D eigenvalue weighted by Gasteiger charge is 2.29. The number of halogens is 1. The summed E-state index contributed by atoms with van der Waals surface area (Å²) in [6.07, 6.45) is 0.509. The number of hydrogen-bond acceptors (Lipinski definition) is 4. The highest BCUT2D eigenvalue weighted by atomic mass is 127. The number of rotatable bonds is 11. The SMILES string of the molecule is CC[C@@H](C(=O)NCC(C)C)N(Cc1ccc(OC)cc1)C(=O)COc1ccc(I)cc1. The van der Waals surface area contributed by atoms with Gasteiger partial charge in [0.15, 0.2) is 6.61 Å². The zero-order chi connectivity index (χ0) is 22.8. The van der Waals surface area contributed by atoms with Crippen LogP contribution in [0.3, 0.4) is 0 Å². The topological polar surface area (TPSA) is 67.9 Å². The van der Waals surface area contributed by atoms with Gasteiger partial charge in [0, 0.05) is 16.7 Å². The standard InChI is InChI=1S/C24H31IN2O4/c1-5-22(24(29)26-14-17(2)3)27(15-18-6-10-20(30-4)11-7-18)23(28)16-31-21-12-8-19(25)9-13-21/h6-13,17,22H,5,14-16H2,1-4H3,(H,26,29)/t22-/m0/s1. The molecule has 2 aromatic carbocycles. The van der Waals surface area contributed by atoms with Gasteiger partial charge < -0.3 is 19.7 Å². The lowest BCUT2D eigenvalue weighted by molar-refractivity contribution is -0.143. The molecule has 0 saturated carbocycles. The second-order valence-corrected chi connectivity index (χ2v) is 8.92. The maximum Gasteiger partial charge on any atom is 0.261 e. The van der Waals surface area contributed by atoms with Crippen LogP contribution in [0.1, 0.15) is 32.8 Å². The van der Waals surface area contributed by atoms with E-state index in [1.807, 2.05) is 69.3 Å². The van der Waals surface area contributed by atoms with Crippen LogP contribution in [0.15, 0.2) is 48.5 Å². The molecule has 0 aliphatic carbocycles. The van der Waals surface area contributed by atoms with Crippen molar-refractivity contribution in [3.8, 4) is 11.5 Å². The van der Waals surface area contributed by atoms with Gasteiger partial charge in [0.2, 0.25) is 5.91 Å². The third-order valence-electron chi connectivity index (χ3n) is 4.76. The van der Waals surface area contributed by atoms with E-state index in [2.05, 4.69) is 27.9 Å². The van der Waals surface area contributed by atoms with Crippen molar-refractivity contribution in [2.45, 2.75) is 39.8 Å². The maximum atomic E-state index is 13.1. The summed E-state index contributed by atoms with van der Waals surface area (Å²) in [5, 5.41) is 2.96. The molecule has 0 unspecified atom stereocenters. The number of carbonyl (C=O) groups excluding carboxylic acids is 2. The van der Waals surface area contributed by atoms with E-state index >= 15 is 0 Å². The van der Waals surface area contributed by atoms with Gasteiger partial charge in [-0.25, -0.2) is 0 Å². The number of benzene rings is 2. The minimum atomic E-state index is -0.575. The van der Waals surface area contributed by atoms with Gasteiger partial charge >= 0.3 is 0 Å². The fourth-order valence-electron chi connectivity index (χ4n) is 3.03. The van der Waals surface area contributed by atoms with Gasteiger partial charge in [-0.3, -0.25) is 9.59 Å². The Morgan fingerprint density at radius 3 is 2.19 bits per heavy atom. The summed E-state index contributed by atoms with van der Waals surface area (Å²) in [5.41, 5.74) is 0.915. The molecule has 2 rings (SSSR count). The summed E-state index contributed by atoms with van der Waals surface area (Å²) in [6.45, 7) is 6.73. The molecule has 0 heterocycles. The van der Waals surface area contributed by atoms with E-state index < -0.39 is 6.04 Å². The van der Waals surface area contributed by atoms with Crippen molar-refractivity contribution in [1.29, 1.82) is 0 Å². The molecule has 0 bridgehead atoms. The second kappa shape index (κ2) is 12.5. The van der Waals surface area contributed by atoms with Crippen LogP contribution < -0.4 is 14.8 Å². The van der Waals surface area contributed by atoms with Gasteiger partial charge in [0.05, 0.1) is 7.11 Å². The lowest BCUT2D eigenvalue weighted by atomic mass is 10.1. The first-order chi connectivity index (χ1) is 14.8. The van der Waals surface area contributed by atoms with Gasteiger partial charge in [0.1, 0.15) is 17.5 Å². The third kappa shape index (κ3) is 8.05. The van der Waals surface area contributed by atoms with Gasteiger partial charge in [-0.1, -0.05) is 32.9 Å². The monoisotopic (exact) mass is 538 g/mol. The molecule has 168 valence electrons. The summed E-state index contributed by atoms with van der Waals surface area (Å²) in [6, 6.07) is 14.4. The minimum absolute atomic E-state index is 0.134. The summed E-state index contributed by atoms with van der Waals surface area (Å²) in [5.74, 6) is 1.31. The van der Waals surface area contributed by atoms with E-state index in [4.69, 9.17) is 9.47 Å². The normalized spacial score (nSPS) is 11.7. The third-order valence-corrected chi connectivity index (χ3v) is 5.48. The van der Waals surface area contributed by atoms with Crippen LogP contribution in [0, 0.1) is 9.49 Å². The molecule has 0 fully saturated rings. The van der Waals surface area contributed by atoms with E-state index in [9.17, 15) is 9.59 Å². The number of methoxy groups -OCH3 is 1. The molecule has 0 spiro atoms. The summed E-state index contributed by atoms with van der Waals surface area (Å²) in [7, 11) is 1.61. The molecule has 0 aliphatic rings. The number of hydrogen-bond donors (Lipinski definition) is 1. The molecule has 6 nitrogen and oxygen atoms in total. The van der Waals surface area contributed by atoms with Crippen molar-refractivity contribution in [2.75, 3.05) is 20.3 Å². The Morgan fingerprint density at radius 2 is 1.65 bits per heavy atom. The molecule has 0 radical (unpaired) electrons. The smallest absolute Gasteiger partial charge is 0.261 e. The van der Waals surface area contributed by atoms with Gasteiger partial charge in [-0.15, -0.1) is 0 Å². The molecular formula is C24H31IN2O4. The number of ether oxygens (including phenoxy) is 2.